The molecule has 4 nitrogen and oxygen atoms in total. The number of nitro benzene ring substituents is 1. The smallest absolute Gasteiger partial charge is 0.277 e. The minimum atomic E-state index is -0.327. The fraction of sp³-hybridized carbons (Fsp3) is 0. The van der Waals surface area contributed by atoms with Crippen LogP contribution in [-0.2, 0) is 0 Å². The van der Waals surface area contributed by atoms with Crippen LogP contribution in [0.4, 0.5) is 5.69 Å². The Morgan fingerprint density at radius 3 is 2.18 bits per heavy atom. The zero-order valence-corrected chi connectivity index (χ0v) is 14.9. The van der Waals surface area contributed by atoms with Crippen molar-refractivity contribution in [2.24, 2.45) is 0 Å². The Balaban J connectivity index is 1.86. The van der Waals surface area contributed by atoms with Crippen molar-refractivity contribution in [1.82, 2.24) is 4.57 Å². The molecule has 0 unspecified atom stereocenters. The Kier molecular flexibility index (Phi) is 3.69. The van der Waals surface area contributed by atoms with Crippen LogP contribution < -0.4 is 0 Å². The van der Waals surface area contributed by atoms with Gasteiger partial charge in [-0.25, -0.2) is 0 Å². The molecular weight excluding hydrogens is 348 g/mol. The van der Waals surface area contributed by atoms with E-state index in [0.29, 0.717) is 5.56 Å². The van der Waals surface area contributed by atoms with Gasteiger partial charge in [0.1, 0.15) is 0 Å². The second-order valence-electron chi connectivity index (χ2n) is 6.69. The van der Waals surface area contributed by atoms with Gasteiger partial charge in [-0.1, -0.05) is 60.7 Å². The van der Waals surface area contributed by atoms with Gasteiger partial charge < -0.3 is 4.57 Å². The minimum Gasteiger partial charge on any atom is -0.309 e. The zero-order valence-electron chi connectivity index (χ0n) is 14.9. The number of nitrogens with zero attached hydrogens (tertiary/aromatic N) is 2. The summed E-state index contributed by atoms with van der Waals surface area (Å²) in [4.78, 5) is 11.2. The molecule has 0 spiro atoms. The average Bonchev–Trinajstić information content (AvgIpc) is 3.08. The quantitative estimate of drug-likeness (QED) is 0.276. The molecule has 0 fully saturated rings. The van der Waals surface area contributed by atoms with Gasteiger partial charge in [0, 0.05) is 22.5 Å². The van der Waals surface area contributed by atoms with Gasteiger partial charge in [-0.15, -0.1) is 0 Å². The topological polar surface area (TPSA) is 48.1 Å². The number of rotatable bonds is 3. The van der Waals surface area contributed by atoms with Crippen molar-refractivity contribution in [3.63, 3.8) is 0 Å². The summed E-state index contributed by atoms with van der Waals surface area (Å²) >= 11 is 0. The van der Waals surface area contributed by atoms with E-state index in [2.05, 4.69) is 34.9 Å². The lowest BCUT2D eigenvalue weighted by molar-refractivity contribution is -0.384. The zero-order chi connectivity index (χ0) is 19.1. The molecule has 1 aromatic heterocycles. The molecule has 4 aromatic carbocycles. The summed E-state index contributed by atoms with van der Waals surface area (Å²) in [7, 11) is 0. The fourth-order valence-corrected chi connectivity index (χ4v) is 3.87. The lowest BCUT2D eigenvalue weighted by Crippen LogP contribution is -1.94. The molecule has 0 radical (unpaired) electrons. The van der Waals surface area contributed by atoms with E-state index in [0.717, 1.165) is 33.1 Å². The predicted octanol–water partition coefficient (Wildman–Crippen LogP) is 6.36. The lowest BCUT2D eigenvalue weighted by atomic mass is 10.0. The molecule has 0 aliphatic carbocycles. The Bertz CT molecular complexity index is 1340. The summed E-state index contributed by atoms with van der Waals surface area (Å²) in [6.07, 6.45) is 0. The molecule has 28 heavy (non-hydrogen) atoms. The van der Waals surface area contributed by atoms with E-state index in [1.807, 2.05) is 48.5 Å². The molecule has 0 saturated heterocycles. The number of benzene rings is 4. The molecule has 1 heterocycles. The van der Waals surface area contributed by atoms with E-state index in [1.165, 1.54) is 0 Å². The number of para-hydroxylation sites is 3. The van der Waals surface area contributed by atoms with Crippen LogP contribution in [0.1, 0.15) is 0 Å². The second kappa shape index (κ2) is 6.35. The normalized spacial score (nSPS) is 11.1. The van der Waals surface area contributed by atoms with Crippen LogP contribution in [0.5, 0.6) is 0 Å². The number of aromatic nitrogens is 1. The van der Waals surface area contributed by atoms with Gasteiger partial charge in [0.25, 0.3) is 5.69 Å². The Labute approximate surface area is 161 Å². The third-order valence-electron chi connectivity index (χ3n) is 5.10. The van der Waals surface area contributed by atoms with Gasteiger partial charge in [-0.3, -0.25) is 10.1 Å². The van der Waals surface area contributed by atoms with E-state index >= 15 is 0 Å². The monoisotopic (exact) mass is 364 g/mol. The van der Waals surface area contributed by atoms with Gasteiger partial charge in [0.15, 0.2) is 0 Å². The van der Waals surface area contributed by atoms with Crippen LogP contribution >= 0.6 is 0 Å². The molecule has 0 aliphatic rings. The van der Waals surface area contributed by atoms with E-state index in [4.69, 9.17) is 0 Å². The maximum Gasteiger partial charge on any atom is 0.277 e. The number of hydrogen-bond acceptors (Lipinski definition) is 2. The molecule has 5 rings (SSSR count). The van der Waals surface area contributed by atoms with Crippen molar-refractivity contribution in [2.75, 3.05) is 0 Å². The summed E-state index contributed by atoms with van der Waals surface area (Å²) in [6, 6.07) is 31.4. The van der Waals surface area contributed by atoms with Gasteiger partial charge in [0.2, 0.25) is 0 Å². The number of nitro groups is 1. The minimum absolute atomic E-state index is 0.115. The molecule has 0 atom stereocenters. The maximum atomic E-state index is 11.5. The van der Waals surface area contributed by atoms with Crippen LogP contribution in [0.25, 0.3) is 38.6 Å². The Hall–Kier alpha value is -3.92. The molecule has 0 saturated carbocycles. The van der Waals surface area contributed by atoms with Crippen LogP contribution in [0.15, 0.2) is 97.1 Å². The SMILES string of the molecule is O=[N+]([O-])c1ccccc1-c1ccc2c3ccccc3n(-c3ccccc3)c2c1. The summed E-state index contributed by atoms with van der Waals surface area (Å²) in [5.74, 6) is 0. The van der Waals surface area contributed by atoms with Crippen LogP contribution in [0, 0.1) is 10.1 Å². The predicted molar refractivity (Wildman–Crippen MR) is 113 cm³/mol. The summed E-state index contributed by atoms with van der Waals surface area (Å²) < 4.78 is 2.21. The highest BCUT2D eigenvalue weighted by atomic mass is 16.6. The largest absolute Gasteiger partial charge is 0.309 e. The molecule has 0 N–H and O–H groups in total. The van der Waals surface area contributed by atoms with E-state index in [-0.39, 0.29) is 10.6 Å². The van der Waals surface area contributed by atoms with Gasteiger partial charge >= 0.3 is 0 Å². The van der Waals surface area contributed by atoms with E-state index in [9.17, 15) is 10.1 Å². The first-order valence-electron chi connectivity index (χ1n) is 9.06. The molecule has 0 bridgehead atoms. The lowest BCUT2D eigenvalue weighted by Gasteiger charge is -2.09. The first-order chi connectivity index (χ1) is 13.7. The number of hydrogen-bond donors (Lipinski definition) is 0. The van der Waals surface area contributed by atoms with E-state index < -0.39 is 0 Å². The highest BCUT2D eigenvalue weighted by Crippen LogP contribution is 2.36. The fourth-order valence-electron chi connectivity index (χ4n) is 3.87. The second-order valence-corrected chi connectivity index (χ2v) is 6.69. The Morgan fingerprint density at radius 2 is 1.36 bits per heavy atom. The molecule has 4 heteroatoms. The summed E-state index contributed by atoms with van der Waals surface area (Å²) in [5.41, 5.74) is 4.78. The first-order valence-corrected chi connectivity index (χ1v) is 9.06. The summed E-state index contributed by atoms with van der Waals surface area (Å²) in [5, 5.41) is 13.8. The maximum absolute atomic E-state index is 11.5. The highest BCUT2D eigenvalue weighted by molar-refractivity contribution is 6.10. The van der Waals surface area contributed by atoms with E-state index in [1.54, 1.807) is 18.2 Å². The first kappa shape index (κ1) is 16.3. The average molecular weight is 364 g/mol. The molecule has 0 aliphatic heterocycles. The molecule has 0 amide bonds. The van der Waals surface area contributed by atoms with Crippen molar-refractivity contribution in [3.05, 3.63) is 107 Å². The molecule has 134 valence electrons. The van der Waals surface area contributed by atoms with Crippen molar-refractivity contribution < 1.29 is 4.92 Å². The standard InChI is InChI=1S/C24H16N2O2/c27-26(28)23-13-7-4-10-19(23)17-14-15-21-20-11-5-6-12-22(20)25(24(21)16-17)18-8-2-1-3-9-18/h1-16H. The molecule has 5 aromatic rings. The van der Waals surface area contributed by atoms with Crippen LogP contribution in [-0.4, -0.2) is 9.49 Å². The summed E-state index contributed by atoms with van der Waals surface area (Å²) in [6.45, 7) is 0. The van der Waals surface area contributed by atoms with Crippen LogP contribution in [0.2, 0.25) is 0 Å². The van der Waals surface area contributed by atoms with Crippen molar-refractivity contribution in [2.45, 2.75) is 0 Å². The number of fused-ring (bicyclic) bond motifs is 3. The third kappa shape index (κ3) is 2.47. The Morgan fingerprint density at radius 1 is 0.679 bits per heavy atom. The van der Waals surface area contributed by atoms with Crippen molar-refractivity contribution >= 4 is 27.5 Å². The van der Waals surface area contributed by atoms with Gasteiger partial charge in [-0.05, 0) is 35.9 Å². The van der Waals surface area contributed by atoms with Crippen LogP contribution in [0.3, 0.4) is 0 Å². The third-order valence-corrected chi connectivity index (χ3v) is 5.10. The van der Waals surface area contributed by atoms with Gasteiger partial charge in [-0.2, -0.15) is 0 Å². The van der Waals surface area contributed by atoms with Gasteiger partial charge in [0.05, 0.1) is 21.5 Å². The van der Waals surface area contributed by atoms with Crippen molar-refractivity contribution in [3.8, 4) is 16.8 Å². The highest BCUT2D eigenvalue weighted by Gasteiger charge is 2.17. The molecular formula is C24H16N2O2. The van der Waals surface area contributed by atoms with Crippen molar-refractivity contribution in [1.29, 1.82) is 0 Å².